The lowest BCUT2D eigenvalue weighted by atomic mass is 9.93. The lowest BCUT2D eigenvalue weighted by molar-refractivity contribution is -0.144. The Morgan fingerprint density at radius 2 is 1.62 bits per heavy atom. The maximum Gasteiger partial charge on any atom is 0.329 e. The van der Waals surface area contributed by atoms with Crippen molar-refractivity contribution in [2.45, 2.75) is 78.2 Å². The Morgan fingerprint density at radius 3 is 2.10 bits per heavy atom. The van der Waals surface area contributed by atoms with Gasteiger partial charge >= 0.3 is 12.0 Å². The molecule has 0 aliphatic heterocycles. The number of carbonyl (C=O) groups is 2. The Hall–Kier alpha value is -1.26. The quantitative estimate of drug-likeness (QED) is 0.511. The molecule has 0 bridgehead atoms. The molecule has 0 spiro atoms. The summed E-state index contributed by atoms with van der Waals surface area (Å²) in [4.78, 5) is 23.1. The van der Waals surface area contributed by atoms with Gasteiger partial charge in [0.15, 0.2) is 0 Å². The molecule has 0 aliphatic carbocycles. The van der Waals surface area contributed by atoms with Crippen LogP contribution < -0.4 is 10.6 Å². The van der Waals surface area contributed by atoms with Crippen molar-refractivity contribution in [3.8, 4) is 0 Å². The maximum atomic E-state index is 11.8. The van der Waals surface area contributed by atoms with E-state index in [9.17, 15) is 14.7 Å². The van der Waals surface area contributed by atoms with E-state index in [0.29, 0.717) is 19.4 Å². The molecule has 0 radical (unpaired) electrons. The van der Waals surface area contributed by atoms with Crippen molar-refractivity contribution in [1.82, 2.24) is 10.6 Å². The number of nitrogens with one attached hydrogen (secondary N) is 2. The first-order chi connectivity index (χ1) is 9.88. The number of carboxylic acid groups (broad SMARTS) is 1. The molecule has 0 unspecified atom stereocenters. The molecule has 124 valence electrons. The average molecular weight is 300 g/mol. The van der Waals surface area contributed by atoms with E-state index in [1.54, 1.807) is 13.8 Å². The van der Waals surface area contributed by atoms with Crippen LogP contribution in [0.25, 0.3) is 0 Å². The maximum absolute atomic E-state index is 11.8. The van der Waals surface area contributed by atoms with Crippen molar-refractivity contribution in [2.24, 2.45) is 5.92 Å². The molecule has 0 fully saturated rings. The van der Waals surface area contributed by atoms with Crippen LogP contribution in [0.2, 0.25) is 0 Å². The highest BCUT2D eigenvalue weighted by Crippen LogP contribution is 2.15. The van der Waals surface area contributed by atoms with Crippen molar-refractivity contribution >= 4 is 12.0 Å². The van der Waals surface area contributed by atoms with Crippen molar-refractivity contribution in [3.63, 3.8) is 0 Å². The summed E-state index contributed by atoms with van der Waals surface area (Å²) in [7, 11) is 0. The van der Waals surface area contributed by atoms with Crippen LogP contribution in [-0.2, 0) is 4.79 Å². The molecule has 0 aliphatic rings. The molecule has 2 amide bonds. The number of aliphatic carboxylic acids is 1. The van der Waals surface area contributed by atoms with Gasteiger partial charge in [0.25, 0.3) is 0 Å². The van der Waals surface area contributed by atoms with Crippen LogP contribution in [0.4, 0.5) is 4.79 Å². The zero-order valence-electron chi connectivity index (χ0n) is 14.0. The second-order valence-electron chi connectivity index (χ2n) is 6.07. The number of rotatable bonds is 11. The minimum atomic E-state index is -1.15. The molecule has 0 saturated carbocycles. The van der Waals surface area contributed by atoms with Crippen LogP contribution in [0.3, 0.4) is 0 Å². The summed E-state index contributed by atoms with van der Waals surface area (Å²) >= 11 is 0. The SMILES string of the molecule is CCC(CC)(NC(=O)NCCCCCCC(C)C)C(=O)O. The predicted molar refractivity (Wildman–Crippen MR) is 85.4 cm³/mol. The van der Waals surface area contributed by atoms with Gasteiger partial charge < -0.3 is 15.7 Å². The first-order valence-corrected chi connectivity index (χ1v) is 8.17. The molecule has 3 N–H and O–H groups in total. The van der Waals surface area contributed by atoms with E-state index < -0.39 is 11.5 Å². The Labute approximate surface area is 128 Å². The Balaban J connectivity index is 3.87. The van der Waals surface area contributed by atoms with Crippen molar-refractivity contribution in [3.05, 3.63) is 0 Å². The Bertz CT molecular complexity index is 313. The van der Waals surface area contributed by atoms with Crippen LogP contribution in [0.15, 0.2) is 0 Å². The van der Waals surface area contributed by atoms with E-state index in [4.69, 9.17) is 0 Å². The Morgan fingerprint density at radius 1 is 1.05 bits per heavy atom. The van der Waals surface area contributed by atoms with E-state index in [-0.39, 0.29) is 6.03 Å². The third-order valence-electron chi connectivity index (χ3n) is 3.96. The molecule has 0 atom stereocenters. The zero-order valence-corrected chi connectivity index (χ0v) is 14.0. The van der Waals surface area contributed by atoms with E-state index in [1.807, 2.05) is 0 Å². The van der Waals surface area contributed by atoms with Gasteiger partial charge in [0, 0.05) is 6.54 Å². The largest absolute Gasteiger partial charge is 0.480 e. The van der Waals surface area contributed by atoms with Crippen molar-refractivity contribution in [1.29, 1.82) is 0 Å². The summed E-state index contributed by atoms with van der Waals surface area (Å²) < 4.78 is 0. The number of hydrogen-bond acceptors (Lipinski definition) is 2. The fraction of sp³-hybridized carbons (Fsp3) is 0.875. The lowest BCUT2D eigenvalue weighted by Crippen LogP contribution is -2.56. The number of carboxylic acids is 1. The highest BCUT2D eigenvalue weighted by atomic mass is 16.4. The molecular weight excluding hydrogens is 268 g/mol. The first-order valence-electron chi connectivity index (χ1n) is 8.17. The molecule has 0 aromatic carbocycles. The van der Waals surface area contributed by atoms with Gasteiger partial charge in [-0.15, -0.1) is 0 Å². The van der Waals surface area contributed by atoms with Gasteiger partial charge in [0.1, 0.15) is 5.54 Å². The molecular formula is C16H32N2O3. The van der Waals surface area contributed by atoms with Gasteiger partial charge in [-0.05, 0) is 25.2 Å². The van der Waals surface area contributed by atoms with E-state index in [0.717, 1.165) is 18.8 Å². The monoisotopic (exact) mass is 300 g/mol. The number of hydrogen-bond donors (Lipinski definition) is 3. The minimum absolute atomic E-state index is 0.376. The van der Waals surface area contributed by atoms with Gasteiger partial charge in [0.2, 0.25) is 0 Å². The van der Waals surface area contributed by atoms with Crippen LogP contribution in [0.1, 0.15) is 72.6 Å². The summed E-state index contributed by atoms with van der Waals surface area (Å²) in [6.45, 7) is 8.58. The van der Waals surface area contributed by atoms with Gasteiger partial charge in [-0.25, -0.2) is 9.59 Å². The van der Waals surface area contributed by atoms with Gasteiger partial charge in [-0.2, -0.15) is 0 Å². The number of urea groups is 1. The van der Waals surface area contributed by atoms with E-state index in [1.165, 1.54) is 19.3 Å². The normalized spacial score (nSPS) is 11.5. The highest BCUT2D eigenvalue weighted by molar-refractivity contribution is 5.86. The van der Waals surface area contributed by atoms with Crippen LogP contribution in [0.5, 0.6) is 0 Å². The fourth-order valence-corrected chi connectivity index (χ4v) is 2.28. The zero-order chi connectivity index (χ0) is 16.3. The summed E-state index contributed by atoms with van der Waals surface area (Å²) in [6.07, 6.45) is 6.45. The van der Waals surface area contributed by atoms with Crippen LogP contribution >= 0.6 is 0 Å². The molecule has 21 heavy (non-hydrogen) atoms. The molecule has 5 heteroatoms. The lowest BCUT2D eigenvalue weighted by Gasteiger charge is -2.28. The summed E-state index contributed by atoms with van der Waals surface area (Å²) in [5.41, 5.74) is -1.15. The second kappa shape index (κ2) is 10.5. The van der Waals surface area contributed by atoms with E-state index >= 15 is 0 Å². The van der Waals surface area contributed by atoms with Crippen molar-refractivity contribution < 1.29 is 14.7 Å². The fourth-order valence-electron chi connectivity index (χ4n) is 2.28. The topological polar surface area (TPSA) is 78.4 Å². The van der Waals surface area contributed by atoms with Crippen LogP contribution in [-0.4, -0.2) is 29.2 Å². The molecule has 0 saturated heterocycles. The number of unbranched alkanes of at least 4 members (excludes halogenated alkanes) is 3. The smallest absolute Gasteiger partial charge is 0.329 e. The second-order valence-corrected chi connectivity index (χ2v) is 6.07. The number of carbonyl (C=O) groups excluding carboxylic acids is 1. The number of amides is 2. The highest BCUT2D eigenvalue weighted by Gasteiger charge is 2.36. The summed E-state index contributed by atoms with van der Waals surface area (Å²) in [5, 5.41) is 14.6. The predicted octanol–water partition coefficient (Wildman–Crippen LogP) is 3.54. The Kier molecular flexibility index (Phi) is 9.84. The standard InChI is InChI=1S/C16H32N2O3/c1-5-16(6-2,14(19)20)18-15(21)17-12-10-8-7-9-11-13(3)4/h13H,5-12H2,1-4H3,(H,19,20)(H2,17,18,21). The van der Waals surface area contributed by atoms with Crippen LogP contribution in [0, 0.1) is 5.92 Å². The third-order valence-corrected chi connectivity index (χ3v) is 3.96. The summed E-state index contributed by atoms with van der Waals surface area (Å²) in [5.74, 6) is -0.225. The molecule has 0 aromatic heterocycles. The average Bonchev–Trinajstić information content (AvgIpc) is 2.43. The minimum Gasteiger partial charge on any atom is -0.480 e. The van der Waals surface area contributed by atoms with E-state index in [2.05, 4.69) is 24.5 Å². The first kappa shape index (κ1) is 19.7. The molecule has 0 aromatic rings. The van der Waals surface area contributed by atoms with Gasteiger partial charge in [-0.1, -0.05) is 53.4 Å². The molecule has 0 rings (SSSR count). The van der Waals surface area contributed by atoms with Crippen molar-refractivity contribution in [2.75, 3.05) is 6.54 Å². The third kappa shape index (κ3) is 7.93. The molecule has 0 heterocycles. The van der Waals surface area contributed by atoms with Gasteiger partial charge in [0.05, 0.1) is 0 Å². The molecule has 5 nitrogen and oxygen atoms in total. The van der Waals surface area contributed by atoms with Gasteiger partial charge in [-0.3, -0.25) is 0 Å². The summed E-state index contributed by atoms with van der Waals surface area (Å²) in [6, 6.07) is -0.386.